The van der Waals surface area contributed by atoms with Gasteiger partial charge in [-0.25, -0.2) is 0 Å². The van der Waals surface area contributed by atoms with Crippen LogP contribution < -0.4 is 0 Å². The Morgan fingerprint density at radius 2 is 1.66 bits per heavy atom. The van der Waals surface area contributed by atoms with Crippen LogP contribution >= 0.6 is 15.9 Å². The summed E-state index contributed by atoms with van der Waals surface area (Å²) in [6.07, 6.45) is 5.06. The second kappa shape index (κ2) is 7.41. The van der Waals surface area contributed by atoms with Gasteiger partial charge in [0.15, 0.2) is 5.78 Å². The van der Waals surface area contributed by atoms with E-state index in [2.05, 4.69) is 22.0 Å². The van der Waals surface area contributed by atoms with Gasteiger partial charge in [0.2, 0.25) is 11.8 Å². The Balaban J connectivity index is 1.61. The number of aromatic nitrogens is 1. The van der Waals surface area contributed by atoms with E-state index in [1.54, 1.807) is 0 Å². The van der Waals surface area contributed by atoms with E-state index in [9.17, 15) is 14.4 Å². The van der Waals surface area contributed by atoms with Gasteiger partial charge in [-0.2, -0.15) is 0 Å². The van der Waals surface area contributed by atoms with Crippen LogP contribution in [0.3, 0.4) is 0 Å². The highest BCUT2D eigenvalue weighted by Gasteiger charge is 2.47. The number of allylic oxidation sites excluding steroid dienone is 2. The summed E-state index contributed by atoms with van der Waals surface area (Å²) in [4.78, 5) is 39.6. The third-order valence-corrected chi connectivity index (χ3v) is 6.92. The summed E-state index contributed by atoms with van der Waals surface area (Å²) in [6, 6.07) is 7.89. The first kappa shape index (κ1) is 19.8. The molecular formula is C23H23BrN2O3. The largest absolute Gasteiger partial charge is 0.318 e. The second-order valence-corrected chi connectivity index (χ2v) is 8.75. The topological polar surface area (TPSA) is 59.4 Å². The number of aryl methyl sites for hydroxylation is 2. The van der Waals surface area contributed by atoms with Gasteiger partial charge >= 0.3 is 0 Å². The van der Waals surface area contributed by atoms with Gasteiger partial charge in [-0.05, 0) is 63.4 Å². The summed E-state index contributed by atoms with van der Waals surface area (Å²) in [5.74, 6) is -1.24. The molecule has 1 saturated heterocycles. The van der Waals surface area contributed by atoms with E-state index in [-0.39, 0.29) is 36.0 Å². The molecular weight excluding hydrogens is 432 g/mol. The zero-order chi connectivity index (χ0) is 20.9. The van der Waals surface area contributed by atoms with Crippen LogP contribution in [0.4, 0.5) is 0 Å². The average Bonchev–Trinajstić information content (AvgIpc) is 3.13. The van der Waals surface area contributed by atoms with Crippen molar-refractivity contribution in [1.82, 2.24) is 9.47 Å². The minimum Gasteiger partial charge on any atom is -0.318 e. The number of ketones is 1. The number of hydrogen-bond acceptors (Lipinski definition) is 3. The van der Waals surface area contributed by atoms with Gasteiger partial charge in [-0.3, -0.25) is 19.3 Å². The Morgan fingerprint density at radius 1 is 1.03 bits per heavy atom. The first-order chi connectivity index (χ1) is 13.8. The lowest BCUT2D eigenvalue weighted by atomic mass is 9.85. The summed E-state index contributed by atoms with van der Waals surface area (Å²) in [5.41, 5.74) is 4.38. The Morgan fingerprint density at radius 3 is 2.24 bits per heavy atom. The molecule has 2 heterocycles. The Bertz CT molecular complexity index is 1040. The predicted octanol–water partition coefficient (Wildman–Crippen LogP) is 4.30. The number of Topliss-reactive ketones (excluding diaryl/α,β-unsaturated/α-hetero) is 1. The fourth-order valence-corrected chi connectivity index (χ4v) is 4.71. The molecule has 0 saturated carbocycles. The lowest BCUT2D eigenvalue weighted by Crippen LogP contribution is -2.36. The minimum absolute atomic E-state index is 0.186. The molecule has 1 aromatic carbocycles. The van der Waals surface area contributed by atoms with Crippen LogP contribution in [0.5, 0.6) is 0 Å². The van der Waals surface area contributed by atoms with Gasteiger partial charge in [0.25, 0.3) is 0 Å². The molecule has 1 aromatic heterocycles. The zero-order valence-electron chi connectivity index (χ0n) is 16.7. The van der Waals surface area contributed by atoms with Crippen molar-refractivity contribution in [3.8, 4) is 5.69 Å². The second-order valence-electron chi connectivity index (χ2n) is 7.90. The minimum atomic E-state index is -0.307. The molecule has 0 bridgehead atoms. The summed E-state index contributed by atoms with van der Waals surface area (Å²) < 4.78 is 3.06. The summed E-state index contributed by atoms with van der Waals surface area (Å²) in [7, 11) is 0. The fraction of sp³-hybridized carbons (Fsp3) is 0.348. The number of amides is 2. The monoisotopic (exact) mass is 454 g/mol. The van der Waals surface area contributed by atoms with Crippen LogP contribution in [0.2, 0.25) is 0 Å². The molecule has 0 spiro atoms. The van der Waals surface area contributed by atoms with E-state index in [0.29, 0.717) is 18.4 Å². The third kappa shape index (κ3) is 3.29. The Kier molecular flexibility index (Phi) is 5.07. The van der Waals surface area contributed by atoms with Crippen molar-refractivity contribution in [3.05, 3.63) is 63.4 Å². The molecule has 29 heavy (non-hydrogen) atoms. The molecule has 6 heteroatoms. The molecule has 2 amide bonds. The van der Waals surface area contributed by atoms with Gasteiger partial charge < -0.3 is 4.57 Å². The number of imide groups is 1. The Hall–Kier alpha value is -2.47. The number of fused-ring (bicyclic) bond motifs is 1. The average molecular weight is 455 g/mol. The molecule has 1 fully saturated rings. The normalized spacial score (nSPS) is 21.0. The van der Waals surface area contributed by atoms with Gasteiger partial charge in [-0.1, -0.05) is 28.1 Å². The number of benzene rings is 1. The standard InChI is InChI=1S/C23H23BrN2O3/c1-13-10-16(8-9-20(13)24)26-14(2)11-19(15(26)3)21(27)12-25-22(28)17-6-4-5-7-18(17)23(25)29/h4-5,8-11,17-18H,6-7,12H2,1-3H3/t17-,18+. The van der Waals surface area contributed by atoms with Crippen molar-refractivity contribution >= 4 is 33.5 Å². The van der Waals surface area contributed by atoms with E-state index in [4.69, 9.17) is 0 Å². The van der Waals surface area contributed by atoms with Gasteiger partial charge in [0, 0.05) is 27.1 Å². The van der Waals surface area contributed by atoms with Crippen LogP contribution in [-0.2, 0) is 9.59 Å². The number of halogens is 1. The molecule has 2 aliphatic rings. The van der Waals surface area contributed by atoms with E-state index < -0.39 is 0 Å². The van der Waals surface area contributed by atoms with Crippen molar-refractivity contribution in [2.75, 3.05) is 6.54 Å². The Labute approximate surface area is 178 Å². The molecule has 0 unspecified atom stereocenters. The maximum absolute atomic E-state index is 13.1. The molecule has 1 aliphatic heterocycles. The van der Waals surface area contributed by atoms with E-state index in [0.717, 1.165) is 27.1 Å². The number of nitrogens with zero attached hydrogens (tertiary/aromatic N) is 2. The quantitative estimate of drug-likeness (QED) is 0.393. The predicted molar refractivity (Wildman–Crippen MR) is 114 cm³/mol. The number of hydrogen-bond donors (Lipinski definition) is 0. The SMILES string of the molecule is Cc1cc(-n2c(C)cc(C(=O)CN3C(=O)[C@H]4CC=CC[C@H]4C3=O)c2C)ccc1Br. The molecule has 1 aliphatic carbocycles. The van der Waals surface area contributed by atoms with Crippen molar-refractivity contribution < 1.29 is 14.4 Å². The fourth-order valence-electron chi connectivity index (χ4n) is 4.46. The van der Waals surface area contributed by atoms with Crippen molar-refractivity contribution in [3.63, 3.8) is 0 Å². The lowest BCUT2D eigenvalue weighted by molar-refractivity contribution is -0.139. The third-order valence-electron chi connectivity index (χ3n) is 6.03. The molecule has 2 aromatic rings. The maximum Gasteiger partial charge on any atom is 0.233 e. The van der Waals surface area contributed by atoms with Crippen molar-refractivity contribution in [2.24, 2.45) is 11.8 Å². The number of likely N-dealkylation sites (tertiary alicyclic amines) is 1. The van der Waals surface area contributed by atoms with Crippen molar-refractivity contribution in [2.45, 2.75) is 33.6 Å². The summed E-state index contributed by atoms with van der Waals surface area (Å²) in [6.45, 7) is 5.68. The van der Waals surface area contributed by atoms with Crippen LogP contribution in [0.15, 0.2) is 40.9 Å². The van der Waals surface area contributed by atoms with Crippen molar-refractivity contribution in [1.29, 1.82) is 0 Å². The van der Waals surface area contributed by atoms with E-state index in [1.807, 2.05) is 55.7 Å². The van der Waals surface area contributed by atoms with Crippen LogP contribution in [0.25, 0.3) is 5.69 Å². The molecule has 0 radical (unpaired) electrons. The first-order valence-corrected chi connectivity index (χ1v) is 10.6. The number of rotatable bonds is 4. The summed E-state index contributed by atoms with van der Waals surface area (Å²) in [5, 5.41) is 0. The number of carbonyl (C=O) groups is 3. The highest BCUT2D eigenvalue weighted by molar-refractivity contribution is 9.10. The van der Waals surface area contributed by atoms with Crippen LogP contribution in [0, 0.1) is 32.6 Å². The molecule has 5 nitrogen and oxygen atoms in total. The summed E-state index contributed by atoms with van der Waals surface area (Å²) >= 11 is 3.52. The van der Waals surface area contributed by atoms with Gasteiger partial charge in [0.05, 0.1) is 18.4 Å². The maximum atomic E-state index is 13.1. The van der Waals surface area contributed by atoms with Crippen LogP contribution in [-0.4, -0.2) is 33.6 Å². The van der Waals surface area contributed by atoms with E-state index in [1.165, 1.54) is 4.90 Å². The van der Waals surface area contributed by atoms with Gasteiger partial charge in [0.1, 0.15) is 0 Å². The molecule has 2 atom stereocenters. The molecule has 0 N–H and O–H groups in total. The highest BCUT2D eigenvalue weighted by Crippen LogP contribution is 2.35. The number of carbonyl (C=O) groups excluding carboxylic acids is 3. The zero-order valence-corrected chi connectivity index (χ0v) is 18.3. The van der Waals surface area contributed by atoms with Crippen LogP contribution in [0.1, 0.15) is 40.2 Å². The molecule has 4 rings (SSSR count). The lowest BCUT2D eigenvalue weighted by Gasteiger charge is -2.14. The first-order valence-electron chi connectivity index (χ1n) is 9.78. The molecule has 150 valence electrons. The van der Waals surface area contributed by atoms with E-state index >= 15 is 0 Å². The highest BCUT2D eigenvalue weighted by atomic mass is 79.9. The van der Waals surface area contributed by atoms with Gasteiger partial charge in [-0.15, -0.1) is 0 Å². The smallest absolute Gasteiger partial charge is 0.233 e.